The molecule has 2 rings (SSSR count). The molecule has 0 spiro atoms. The zero-order chi connectivity index (χ0) is 13.8. The van der Waals surface area contributed by atoms with Gasteiger partial charge in [-0.05, 0) is 49.7 Å². The predicted molar refractivity (Wildman–Crippen MR) is 76.2 cm³/mol. The molecule has 3 heteroatoms. The first-order chi connectivity index (χ1) is 9.11. The summed E-state index contributed by atoms with van der Waals surface area (Å²) < 4.78 is 13.3. The Bertz CT molecular complexity index is 537. The predicted octanol–water partition coefficient (Wildman–Crippen LogP) is 4.04. The number of hydrogen-bond acceptors (Lipinski definition) is 2. The third kappa shape index (κ3) is 3.12. The maximum Gasteiger partial charge on any atom is 0.125 e. The van der Waals surface area contributed by atoms with Gasteiger partial charge in [-0.3, -0.25) is 0 Å². The number of benzene rings is 2. The van der Waals surface area contributed by atoms with Crippen LogP contribution >= 0.6 is 0 Å². The fourth-order valence-corrected chi connectivity index (χ4v) is 2.09. The Morgan fingerprint density at radius 3 is 2.32 bits per heavy atom. The molecule has 2 aromatic rings. The van der Waals surface area contributed by atoms with Gasteiger partial charge in [-0.15, -0.1) is 0 Å². The van der Waals surface area contributed by atoms with Gasteiger partial charge in [0.05, 0.1) is 6.10 Å². The van der Waals surface area contributed by atoms with Crippen LogP contribution in [0.4, 0.5) is 15.8 Å². The molecule has 0 saturated heterocycles. The van der Waals surface area contributed by atoms with E-state index in [2.05, 4.69) is 0 Å². The second-order valence-corrected chi connectivity index (χ2v) is 4.49. The first-order valence-corrected chi connectivity index (χ1v) is 6.43. The van der Waals surface area contributed by atoms with E-state index >= 15 is 0 Å². The van der Waals surface area contributed by atoms with E-state index in [-0.39, 0.29) is 5.82 Å². The lowest BCUT2D eigenvalue weighted by Gasteiger charge is -2.23. The lowest BCUT2D eigenvalue weighted by Crippen LogP contribution is -2.16. The molecular weight excluding hydrogens is 241 g/mol. The number of rotatable bonds is 4. The van der Waals surface area contributed by atoms with Crippen molar-refractivity contribution in [3.8, 4) is 0 Å². The molecule has 0 aliphatic rings. The lowest BCUT2D eigenvalue weighted by atomic mass is 10.1. The second-order valence-electron chi connectivity index (χ2n) is 4.49. The van der Waals surface area contributed by atoms with E-state index in [1.807, 2.05) is 42.2 Å². The first kappa shape index (κ1) is 13.6. The Kier molecular flexibility index (Phi) is 4.17. The van der Waals surface area contributed by atoms with E-state index in [1.165, 1.54) is 12.1 Å². The summed E-state index contributed by atoms with van der Waals surface area (Å²) in [5.74, 6) is -0.239. The smallest absolute Gasteiger partial charge is 0.125 e. The molecule has 100 valence electrons. The molecule has 0 saturated carbocycles. The molecule has 0 fully saturated rings. The van der Waals surface area contributed by atoms with Gasteiger partial charge in [-0.2, -0.15) is 0 Å². The van der Waals surface area contributed by atoms with Crippen LogP contribution in [-0.4, -0.2) is 11.7 Å². The van der Waals surface area contributed by atoms with Crippen LogP contribution in [0.15, 0.2) is 48.5 Å². The summed E-state index contributed by atoms with van der Waals surface area (Å²) in [5, 5.41) is 9.50. The van der Waals surface area contributed by atoms with Gasteiger partial charge in [0.15, 0.2) is 0 Å². The highest BCUT2D eigenvalue weighted by Crippen LogP contribution is 2.26. The van der Waals surface area contributed by atoms with Crippen LogP contribution in [0.25, 0.3) is 0 Å². The molecule has 0 radical (unpaired) electrons. The Morgan fingerprint density at radius 2 is 1.79 bits per heavy atom. The molecule has 19 heavy (non-hydrogen) atoms. The van der Waals surface area contributed by atoms with Crippen LogP contribution in [0.3, 0.4) is 0 Å². The van der Waals surface area contributed by atoms with Crippen molar-refractivity contribution >= 4 is 11.4 Å². The molecule has 0 aliphatic heterocycles. The summed E-state index contributed by atoms with van der Waals surface area (Å²) >= 11 is 0. The standard InChI is InChI=1S/C16H18FNO/c1-3-18(16-6-4-5-14(17)11-16)15-9-7-13(8-10-15)12(2)19/h4-12,19H,3H2,1-2H3/t12-/m1/s1. The zero-order valence-electron chi connectivity index (χ0n) is 11.2. The topological polar surface area (TPSA) is 23.5 Å². The van der Waals surface area contributed by atoms with E-state index in [4.69, 9.17) is 0 Å². The van der Waals surface area contributed by atoms with Crippen molar-refractivity contribution in [3.63, 3.8) is 0 Å². The van der Waals surface area contributed by atoms with Crippen LogP contribution in [0.5, 0.6) is 0 Å². The monoisotopic (exact) mass is 259 g/mol. The van der Waals surface area contributed by atoms with E-state index in [0.717, 1.165) is 23.5 Å². The molecule has 1 N–H and O–H groups in total. The van der Waals surface area contributed by atoms with Crippen molar-refractivity contribution in [2.75, 3.05) is 11.4 Å². The Hall–Kier alpha value is -1.87. The highest BCUT2D eigenvalue weighted by atomic mass is 19.1. The summed E-state index contributed by atoms with van der Waals surface area (Å²) in [6.07, 6.45) is -0.474. The SMILES string of the molecule is CCN(c1ccc([C@@H](C)O)cc1)c1cccc(F)c1. The van der Waals surface area contributed by atoms with Gasteiger partial charge in [0.1, 0.15) is 5.82 Å². The molecule has 0 aliphatic carbocycles. The fourth-order valence-electron chi connectivity index (χ4n) is 2.09. The molecule has 1 atom stereocenters. The highest BCUT2D eigenvalue weighted by Gasteiger charge is 2.08. The minimum atomic E-state index is -0.474. The molecule has 0 unspecified atom stereocenters. The van der Waals surface area contributed by atoms with E-state index in [9.17, 15) is 9.50 Å². The van der Waals surface area contributed by atoms with Crippen LogP contribution in [0.2, 0.25) is 0 Å². The molecule has 2 aromatic carbocycles. The Balaban J connectivity index is 2.31. The molecule has 0 heterocycles. The van der Waals surface area contributed by atoms with Crippen molar-refractivity contribution < 1.29 is 9.50 Å². The number of aliphatic hydroxyl groups excluding tert-OH is 1. The fraction of sp³-hybridized carbons (Fsp3) is 0.250. The van der Waals surface area contributed by atoms with Crippen molar-refractivity contribution in [2.45, 2.75) is 20.0 Å². The molecule has 0 aromatic heterocycles. The van der Waals surface area contributed by atoms with Gasteiger partial charge in [0.2, 0.25) is 0 Å². The number of hydrogen-bond donors (Lipinski definition) is 1. The van der Waals surface area contributed by atoms with Gasteiger partial charge < -0.3 is 10.0 Å². The van der Waals surface area contributed by atoms with Gasteiger partial charge in [0, 0.05) is 17.9 Å². The third-order valence-corrected chi connectivity index (χ3v) is 3.12. The maximum atomic E-state index is 13.3. The first-order valence-electron chi connectivity index (χ1n) is 6.43. The Morgan fingerprint density at radius 1 is 1.11 bits per heavy atom. The average molecular weight is 259 g/mol. The van der Waals surface area contributed by atoms with Crippen molar-refractivity contribution in [1.29, 1.82) is 0 Å². The summed E-state index contributed by atoms with van der Waals surface area (Å²) in [4.78, 5) is 2.02. The van der Waals surface area contributed by atoms with Crippen LogP contribution in [-0.2, 0) is 0 Å². The van der Waals surface area contributed by atoms with Gasteiger partial charge >= 0.3 is 0 Å². The minimum Gasteiger partial charge on any atom is -0.389 e. The second kappa shape index (κ2) is 5.85. The summed E-state index contributed by atoms with van der Waals surface area (Å²) in [6, 6.07) is 14.2. The molecule has 0 bridgehead atoms. The van der Waals surface area contributed by atoms with Gasteiger partial charge in [-0.25, -0.2) is 4.39 Å². The Labute approximate surface area is 113 Å². The summed E-state index contributed by atoms with van der Waals surface area (Å²) in [7, 11) is 0. The van der Waals surface area contributed by atoms with Gasteiger partial charge in [0.25, 0.3) is 0 Å². The molecule has 0 amide bonds. The van der Waals surface area contributed by atoms with E-state index in [1.54, 1.807) is 13.0 Å². The van der Waals surface area contributed by atoms with Crippen molar-refractivity contribution in [1.82, 2.24) is 0 Å². The summed E-state index contributed by atoms with van der Waals surface area (Å²) in [6.45, 7) is 4.50. The van der Waals surface area contributed by atoms with Crippen LogP contribution in [0, 0.1) is 5.82 Å². The zero-order valence-corrected chi connectivity index (χ0v) is 11.2. The van der Waals surface area contributed by atoms with Crippen molar-refractivity contribution in [2.24, 2.45) is 0 Å². The summed E-state index contributed by atoms with van der Waals surface area (Å²) in [5.41, 5.74) is 2.68. The minimum absolute atomic E-state index is 0.239. The number of halogens is 1. The molecular formula is C16H18FNO. The van der Waals surface area contributed by atoms with Gasteiger partial charge in [-0.1, -0.05) is 18.2 Å². The average Bonchev–Trinajstić information content (AvgIpc) is 2.40. The normalized spacial score (nSPS) is 12.2. The largest absolute Gasteiger partial charge is 0.389 e. The number of anilines is 2. The number of nitrogens with zero attached hydrogens (tertiary/aromatic N) is 1. The van der Waals surface area contributed by atoms with Crippen LogP contribution in [0.1, 0.15) is 25.5 Å². The van der Waals surface area contributed by atoms with E-state index in [0.29, 0.717) is 0 Å². The highest BCUT2D eigenvalue weighted by molar-refractivity contribution is 5.63. The molecule has 2 nitrogen and oxygen atoms in total. The third-order valence-electron chi connectivity index (χ3n) is 3.12. The maximum absolute atomic E-state index is 13.3. The van der Waals surface area contributed by atoms with Crippen LogP contribution < -0.4 is 4.90 Å². The quantitative estimate of drug-likeness (QED) is 0.895. The van der Waals surface area contributed by atoms with E-state index < -0.39 is 6.10 Å². The lowest BCUT2D eigenvalue weighted by molar-refractivity contribution is 0.199. The number of aliphatic hydroxyl groups is 1. The van der Waals surface area contributed by atoms with Crippen molar-refractivity contribution in [3.05, 3.63) is 59.9 Å².